The normalized spacial score (nSPS) is 12.0. The Morgan fingerprint density at radius 3 is 2.66 bits per heavy atom. The lowest BCUT2D eigenvalue weighted by Gasteiger charge is -2.17. The summed E-state index contributed by atoms with van der Waals surface area (Å²) >= 11 is 1.35. The SMILES string of the molecule is Cc1cccc(OC(C)c2nnc(SCC(=O)Nc3cccc4ccccc34)n2C)c1C. The van der Waals surface area contributed by atoms with Crippen LogP contribution in [0.15, 0.2) is 65.8 Å². The van der Waals surface area contributed by atoms with E-state index >= 15 is 0 Å². The fourth-order valence-corrected chi connectivity index (χ4v) is 4.27. The van der Waals surface area contributed by atoms with Gasteiger partial charge in [0.2, 0.25) is 5.91 Å². The van der Waals surface area contributed by atoms with Crippen molar-refractivity contribution in [3.8, 4) is 5.75 Å². The lowest BCUT2D eigenvalue weighted by Crippen LogP contribution is -2.15. The molecule has 1 N–H and O–H groups in total. The maximum atomic E-state index is 12.6. The van der Waals surface area contributed by atoms with E-state index in [9.17, 15) is 4.79 Å². The highest BCUT2D eigenvalue weighted by molar-refractivity contribution is 7.99. The van der Waals surface area contributed by atoms with Gasteiger partial charge in [0, 0.05) is 18.1 Å². The molecule has 0 saturated heterocycles. The molecule has 1 unspecified atom stereocenters. The van der Waals surface area contributed by atoms with Gasteiger partial charge in [0.15, 0.2) is 17.1 Å². The van der Waals surface area contributed by atoms with Crippen LogP contribution in [0.2, 0.25) is 0 Å². The summed E-state index contributed by atoms with van der Waals surface area (Å²) in [6, 6.07) is 19.9. The van der Waals surface area contributed by atoms with Crippen LogP contribution in [0.1, 0.15) is 30.0 Å². The third-order valence-electron chi connectivity index (χ3n) is 5.49. The third-order valence-corrected chi connectivity index (χ3v) is 6.51. The van der Waals surface area contributed by atoms with Crippen LogP contribution in [0.25, 0.3) is 10.8 Å². The largest absolute Gasteiger partial charge is 0.482 e. The molecule has 6 nitrogen and oxygen atoms in total. The van der Waals surface area contributed by atoms with Crippen LogP contribution < -0.4 is 10.1 Å². The molecule has 0 radical (unpaired) electrons. The highest BCUT2D eigenvalue weighted by atomic mass is 32.2. The Labute approximate surface area is 192 Å². The maximum Gasteiger partial charge on any atom is 0.234 e. The molecule has 7 heteroatoms. The molecular formula is C25H26N4O2S. The zero-order valence-electron chi connectivity index (χ0n) is 18.6. The van der Waals surface area contributed by atoms with Gasteiger partial charge in [-0.15, -0.1) is 10.2 Å². The first-order valence-electron chi connectivity index (χ1n) is 10.5. The van der Waals surface area contributed by atoms with Crippen LogP contribution in [0.4, 0.5) is 5.69 Å². The number of fused-ring (bicyclic) bond motifs is 1. The Morgan fingerprint density at radius 1 is 1.06 bits per heavy atom. The van der Waals surface area contributed by atoms with Crippen molar-refractivity contribution in [1.82, 2.24) is 14.8 Å². The van der Waals surface area contributed by atoms with Crippen LogP contribution in [0, 0.1) is 13.8 Å². The first kappa shape index (κ1) is 21.9. The molecule has 32 heavy (non-hydrogen) atoms. The van der Waals surface area contributed by atoms with Crippen molar-refractivity contribution in [1.29, 1.82) is 0 Å². The van der Waals surface area contributed by atoms with E-state index in [4.69, 9.17) is 4.74 Å². The Kier molecular flexibility index (Phi) is 6.46. The number of amides is 1. The van der Waals surface area contributed by atoms with Gasteiger partial charge in [-0.05, 0) is 49.4 Å². The average molecular weight is 447 g/mol. The van der Waals surface area contributed by atoms with Gasteiger partial charge < -0.3 is 14.6 Å². The minimum Gasteiger partial charge on any atom is -0.482 e. The Hall–Kier alpha value is -3.32. The number of anilines is 1. The second-order valence-corrected chi connectivity index (χ2v) is 8.66. The van der Waals surface area contributed by atoms with Gasteiger partial charge in [0.05, 0.1) is 5.75 Å². The van der Waals surface area contributed by atoms with Crippen molar-refractivity contribution in [3.05, 3.63) is 77.6 Å². The zero-order chi connectivity index (χ0) is 22.7. The standard InChI is InChI=1S/C25H26N4O2S/c1-16-9-7-14-22(17(16)2)31-18(3)24-27-28-25(29(24)4)32-15-23(30)26-21-13-8-11-19-10-5-6-12-20(19)21/h5-14,18H,15H2,1-4H3,(H,26,30). The molecule has 1 aromatic heterocycles. The summed E-state index contributed by atoms with van der Waals surface area (Å²) in [5.74, 6) is 1.70. The number of hydrogen-bond donors (Lipinski definition) is 1. The van der Waals surface area contributed by atoms with Crippen molar-refractivity contribution in [3.63, 3.8) is 0 Å². The summed E-state index contributed by atoms with van der Waals surface area (Å²) in [4.78, 5) is 12.6. The molecule has 1 atom stereocenters. The van der Waals surface area contributed by atoms with Gasteiger partial charge in [-0.25, -0.2) is 0 Å². The third kappa shape index (κ3) is 4.62. The Morgan fingerprint density at radius 2 is 1.81 bits per heavy atom. The average Bonchev–Trinajstić information content (AvgIpc) is 3.16. The summed E-state index contributed by atoms with van der Waals surface area (Å²) < 4.78 is 8.02. The summed E-state index contributed by atoms with van der Waals surface area (Å²) in [6.07, 6.45) is -0.271. The first-order chi connectivity index (χ1) is 15.4. The van der Waals surface area contributed by atoms with Gasteiger partial charge in [-0.2, -0.15) is 0 Å². The van der Waals surface area contributed by atoms with E-state index < -0.39 is 0 Å². The number of nitrogens with zero attached hydrogens (tertiary/aromatic N) is 3. The summed E-state index contributed by atoms with van der Waals surface area (Å²) in [5.41, 5.74) is 3.10. The minimum atomic E-state index is -0.271. The topological polar surface area (TPSA) is 69.0 Å². The molecule has 0 bridgehead atoms. The fraction of sp³-hybridized carbons (Fsp3) is 0.240. The smallest absolute Gasteiger partial charge is 0.234 e. The van der Waals surface area contributed by atoms with Crippen molar-refractivity contribution in [2.24, 2.45) is 7.05 Å². The van der Waals surface area contributed by atoms with E-state index in [1.807, 2.05) is 80.1 Å². The summed E-state index contributed by atoms with van der Waals surface area (Å²) in [5, 5.41) is 14.4. The highest BCUT2D eigenvalue weighted by Gasteiger charge is 2.19. The first-order valence-corrected chi connectivity index (χ1v) is 11.4. The Bertz CT molecular complexity index is 1260. The molecule has 3 aromatic carbocycles. The van der Waals surface area contributed by atoms with E-state index in [2.05, 4.69) is 28.5 Å². The number of benzene rings is 3. The highest BCUT2D eigenvalue weighted by Crippen LogP contribution is 2.28. The maximum absolute atomic E-state index is 12.6. The number of ether oxygens (including phenoxy) is 1. The Balaban J connectivity index is 1.40. The summed E-state index contributed by atoms with van der Waals surface area (Å²) in [7, 11) is 1.89. The lowest BCUT2D eigenvalue weighted by molar-refractivity contribution is -0.113. The number of thioether (sulfide) groups is 1. The molecular weight excluding hydrogens is 420 g/mol. The molecule has 1 heterocycles. The summed E-state index contributed by atoms with van der Waals surface area (Å²) in [6.45, 7) is 6.06. The zero-order valence-corrected chi connectivity index (χ0v) is 19.4. The molecule has 4 rings (SSSR count). The molecule has 1 amide bonds. The fourth-order valence-electron chi connectivity index (χ4n) is 3.55. The molecule has 0 aliphatic heterocycles. The molecule has 0 spiro atoms. The molecule has 0 saturated carbocycles. The number of nitrogens with one attached hydrogen (secondary N) is 1. The van der Waals surface area contributed by atoms with E-state index in [-0.39, 0.29) is 17.8 Å². The lowest BCUT2D eigenvalue weighted by atomic mass is 10.1. The number of carbonyl (C=O) groups is 1. The number of hydrogen-bond acceptors (Lipinski definition) is 5. The van der Waals surface area contributed by atoms with Crippen LogP contribution in [-0.4, -0.2) is 26.4 Å². The van der Waals surface area contributed by atoms with Crippen molar-refractivity contribution in [2.75, 3.05) is 11.1 Å². The molecule has 0 aliphatic rings. The van der Waals surface area contributed by atoms with Crippen LogP contribution in [-0.2, 0) is 11.8 Å². The predicted octanol–water partition coefficient (Wildman–Crippen LogP) is 5.46. The van der Waals surface area contributed by atoms with Crippen LogP contribution in [0.5, 0.6) is 5.75 Å². The van der Waals surface area contributed by atoms with E-state index in [0.29, 0.717) is 11.0 Å². The van der Waals surface area contributed by atoms with Gasteiger partial charge in [0.25, 0.3) is 0 Å². The number of aryl methyl sites for hydroxylation is 1. The number of aromatic nitrogens is 3. The second kappa shape index (κ2) is 9.44. The van der Waals surface area contributed by atoms with E-state index in [1.165, 1.54) is 17.3 Å². The van der Waals surface area contributed by atoms with Crippen LogP contribution in [0.3, 0.4) is 0 Å². The predicted molar refractivity (Wildman–Crippen MR) is 129 cm³/mol. The van der Waals surface area contributed by atoms with Gasteiger partial charge >= 0.3 is 0 Å². The number of rotatable bonds is 7. The van der Waals surface area contributed by atoms with E-state index in [0.717, 1.165) is 27.8 Å². The molecule has 0 fully saturated rings. The van der Waals surface area contributed by atoms with Crippen LogP contribution >= 0.6 is 11.8 Å². The second-order valence-electron chi connectivity index (χ2n) is 7.72. The van der Waals surface area contributed by atoms with E-state index in [1.54, 1.807) is 0 Å². The van der Waals surface area contributed by atoms with Gasteiger partial charge in [-0.3, -0.25) is 4.79 Å². The van der Waals surface area contributed by atoms with Gasteiger partial charge in [-0.1, -0.05) is 60.3 Å². The molecule has 4 aromatic rings. The number of carbonyl (C=O) groups excluding carboxylic acids is 1. The minimum absolute atomic E-state index is 0.0874. The van der Waals surface area contributed by atoms with Crippen molar-refractivity contribution >= 4 is 34.1 Å². The monoisotopic (exact) mass is 446 g/mol. The van der Waals surface area contributed by atoms with Crippen molar-refractivity contribution in [2.45, 2.75) is 32.0 Å². The quantitative estimate of drug-likeness (QED) is 0.382. The molecule has 0 aliphatic carbocycles. The molecule has 164 valence electrons. The van der Waals surface area contributed by atoms with Crippen molar-refractivity contribution < 1.29 is 9.53 Å². The van der Waals surface area contributed by atoms with Gasteiger partial charge in [0.1, 0.15) is 5.75 Å².